The molecule has 1 unspecified atom stereocenters. The van der Waals surface area contributed by atoms with E-state index in [9.17, 15) is 8.78 Å². The van der Waals surface area contributed by atoms with E-state index in [0.717, 1.165) is 19.0 Å². The predicted octanol–water partition coefficient (Wildman–Crippen LogP) is 4.04. The quantitative estimate of drug-likeness (QED) is 0.846. The third-order valence-electron chi connectivity index (χ3n) is 3.70. The molecule has 2 aromatic rings. The third kappa shape index (κ3) is 4.36. The summed E-state index contributed by atoms with van der Waals surface area (Å²) in [5.41, 5.74) is 3.04. The van der Waals surface area contributed by atoms with Gasteiger partial charge in [-0.15, -0.1) is 0 Å². The molecule has 3 heteroatoms. The summed E-state index contributed by atoms with van der Waals surface area (Å²) in [5, 5.41) is 3.39. The molecule has 0 aromatic heterocycles. The van der Waals surface area contributed by atoms with Gasteiger partial charge in [0.25, 0.3) is 0 Å². The van der Waals surface area contributed by atoms with Crippen molar-refractivity contribution in [1.82, 2.24) is 5.32 Å². The lowest BCUT2D eigenvalue weighted by Gasteiger charge is -2.19. The molecule has 0 radical (unpaired) electrons. The van der Waals surface area contributed by atoms with Crippen LogP contribution in [0.3, 0.4) is 0 Å². The van der Waals surface area contributed by atoms with E-state index in [1.165, 1.54) is 23.3 Å². The molecular formula is C18H21F2N. The lowest BCUT2D eigenvalue weighted by molar-refractivity contribution is 0.501. The maximum absolute atomic E-state index is 13.8. The molecule has 2 rings (SSSR count). The van der Waals surface area contributed by atoms with Crippen molar-refractivity contribution in [3.05, 3.63) is 70.8 Å². The molecule has 0 bridgehead atoms. The molecule has 0 heterocycles. The van der Waals surface area contributed by atoms with Gasteiger partial charge in [-0.3, -0.25) is 0 Å². The third-order valence-corrected chi connectivity index (χ3v) is 3.70. The van der Waals surface area contributed by atoms with E-state index in [4.69, 9.17) is 0 Å². The highest BCUT2D eigenvalue weighted by Gasteiger charge is 2.13. The van der Waals surface area contributed by atoms with Gasteiger partial charge in [-0.1, -0.05) is 37.3 Å². The van der Waals surface area contributed by atoms with Crippen LogP contribution in [-0.2, 0) is 12.8 Å². The van der Waals surface area contributed by atoms with E-state index in [-0.39, 0.29) is 6.04 Å². The van der Waals surface area contributed by atoms with Crippen LogP contribution < -0.4 is 5.32 Å². The number of hydrogen-bond acceptors (Lipinski definition) is 1. The lowest BCUT2D eigenvalue weighted by atomic mass is 9.96. The predicted molar refractivity (Wildman–Crippen MR) is 82.4 cm³/mol. The second-order valence-corrected chi connectivity index (χ2v) is 5.33. The Morgan fingerprint density at radius 1 is 1.00 bits per heavy atom. The Morgan fingerprint density at radius 3 is 2.38 bits per heavy atom. The van der Waals surface area contributed by atoms with Crippen LogP contribution in [-0.4, -0.2) is 12.6 Å². The molecule has 0 aliphatic heterocycles. The first kappa shape index (κ1) is 15.6. The van der Waals surface area contributed by atoms with Gasteiger partial charge in [0.05, 0.1) is 0 Å². The van der Waals surface area contributed by atoms with Gasteiger partial charge in [-0.25, -0.2) is 8.78 Å². The van der Waals surface area contributed by atoms with Crippen LogP contribution in [0.2, 0.25) is 0 Å². The minimum atomic E-state index is -0.532. The minimum absolute atomic E-state index is 0.135. The van der Waals surface area contributed by atoms with Crippen LogP contribution in [0, 0.1) is 18.6 Å². The SMILES string of the molecule is CCNC(Cc1ccccc1C)Cc1ccc(F)cc1F. The number of likely N-dealkylation sites (N-methyl/N-ethyl adjacent to an activating group) is 1. The van der Waals surface area contributed by atoms with Gasteiger partial charge < -0.3 is 5.32 Å². The molecule has 0 amide bonds. The van der Waals surface area contributed by atoms with Crippen LogP contribution in [0.25, 0.3) is 0 Å². The Kier molecular flexibility index (Phi) is 5.45. The highest BCUT2D eigenvalue weighted by Crippen LogP contribution is 2.16. The van der Waals surface area contributed by atoms with Gasteiger partial charge in [0.1, 0.15) is 11.6 Å². The highest BCUT2D eigenvalue weighted by atomic mass is 19.1. The first-order chi connectivity index (χ1) is 10.1. The molecule has 0 aliphatic carbocycles. The Bertz CT molecular complexity index is 596. The first-order valence-electron chi connectivity index (χ1n) is 7.32. The summed E-state index contributed by atoms with van der Waals surface area (Å²) in [6.07, 6.45) is 1.38. The van der Waals surface area contributed by atoms with E-state index in [1.54, 1.807) is 0 Å². The average Bonchev–Trinajstić information content (AvgIpc) is 2.44. The largest absolute Gasteiger partial charge is 0.314 e. The Balaban J connectivity index is 2.14. The molecule has 2 aromatic carbocycles. The molecule has 112 valence electrons. The lowest BCUT2D eigenvalue weighted by Crippen LogP contribution is -2.33. The summed E-state index contributed by atoms with van der Waals surface area (Å²) >= 11 is 0. The van der Waals surface area contributed by atoms with E-state index in [0.29, 0.717) is 12.0 Å². The van der Waals surface area contributed by atoms with Gasteiger partial charge in [0.15, 0.2) is 0 Å². The van der Waals surface area contributed by atoms with Crippen molar-refractivity contribution in [2.45, 2.75) is 32.7 Å². The summed E-state index contributed by atoms with van der Waals surface area (Å²) in [4.78, 5) is 0. The van der Waals surface area contributed by atoms with Crippen molar-refractivity contribution < 1.29 is 8.78 Å². The van der Waals surface area contributed by atoms with Crippen molar-refractivity contribution in [2.24, 2.45) is 0 Å². The van der Waals surface area contributed by atoms with Crippen LogP contribution >= 0.6 is 0 Å². The summed E-state index contributed by atoms with van der Waals surface area (Å²) in [6, 6.07) is 12.1. The van der Waals surface area contributed by atoms with Crippen LogP contribution in [0.4, 0.5) is 8.78 Å². The Hall–Kier alpha value is -1.74. The fourth-order valence-corrected chi connectivity index (χ4v) is 2.56. The molecule has 1 N–H and O–H groups in total. The zero-order valence-electron chi connectivity index (χ0n) is 12.5. The Morgan fingerprint density at radius 2 is 1.71 bits per heavy atom. The number of hydrogen-bond donors (Lipinski definition) is 1. The Labute approximate surface area is 125 Å². The molecule has 0 saturated carbocycles. The fourth-order valence-electron chi connectivity index (χ4n) is 2.56. The van der Waals surface area contributed by atoms with Crippen molar-refractivity contribution in [2.75, 3.05) is 6.54 Å². The minimum Gasteiger partial charge on any atom is -0.314 e. The van der Waals surface area contributed by atoms with Crippen LogP contribution in [0.1, 0.15) is 23.6 Å². The average molecular weight is 289 g/mol. The maximum Gasteiger partial charge on any atom is 0.129 e. The second kappa shape index (κ2) is 7.32. The summed E-state index contributed by atoms with van der Waals surface area (Å²) in [6.45, 7) is 4.93. The highest BCUT2D eigenvalue weighted by molar-refractivity contribution is 5.27. The standard InChI is InChI=1S/C18H21F2N/c1-3-21-17(10-14-7-5-4-6-13(14)2)11-15-8-9-16(19)12-18(15)20/h4-9,12,17,21H,3,10-11H2,1-2H3. The van der Waals surface area contributed by atoms with Crippen LogP contribution in [0.5, 0.6) is 0 Å². The van der Waals surface area contributed by atoms with Crippen molar-refractivity contribution in [3.8, 4) is 0 Å². The molecule has 0 spiro atoms. The van der Waals surface area contributed by atoms with E-state index in [2.05, 4.69) is 24.4 Å². The summed E-state index contributed by atoms with van der Waals surface area (Å²) in [7, 11) is 0. The zero-order chi connectivity index (χ0) is 15.2. The first-order valence-corrected chi connectivity index (χ1v) is 7.32. The number of aryl methyl sites for hydroxylation is 1. The van der Waals surface area contributed by atoms with Gasteiger partial charge in [-0.05, 0) is 49.1 Å². The topological polar surface area (TPSA) is 12.0 Å². The smallest absolute Gasteiger partial charge is 0.129 e. The number of rotatable bonds is 6. The molecule has 21 heavy (non-hydrogen) atoms. The summed E-state index contributed by atoms with van der Waals surface area (Å²) in [5.74, 6) is -1.00. The van der Waals surface area contributed by atoms with E-state index in [1.807, 2.05) is 19.1 Å². The van der Waals surface area contributed by atoms with Gasteiger partial charge >= 0.3 is 0 Å². The normalized spacial score (nSPS) is 12.4. The molecule has 0 saturated heterocycles. The van der Waals surface area contributed by atoms with Gasteiger partial charge in [0, 0.05) is 12.1 Å². The van der Waals surface area contributed by atoms with Crippen molar-refractivity contribution in [3.63, 3.8) is 0 Å². The maximum atomic E-state index is 13.8. The van der Waals surface area contributed by atoms with Gasteiger partial charge in [0.2, 0.25) is 0 Å². The number of halogens is 2. The molecular weight excluding hydrogens is 268 g/mol. The molecule has 0 aliphatic rings. The van der Waals surface area contributed by atoms with Gasteiger partial charge in [-0.2, -0.15) is 0 Å². The van der Waals surface area contributed by atoms with E-state index >= 15 is 0 Å². The molecule has 0 fully saturated rings. The molecule has 1 nitrogen and oxygen atoms in total. The molecule has 1 atom stereocenters. The number of nitrogens with one attached hydrogen (secondary N) is 1. The summed E-state index contributed by atoms with van der Waals surface area (Å²) < 4.78 is 26.8. The zero-order valence-corrected chi connectivity index (χ0v) is 12.5. The number of benzene rings is 2. The monoisotopic (exact) mass is 289 g/mol. The second-order valence-electron chi connectivity index (χ2n) is 5.33. The fraction of sp³-hybridized carbons (Fsp3) is 0.333. The van der Waals surface area contributed by atoms with Crippen molar-refractivity contribution in [1.29, 1.82) is 0 Å². The van der Waals surface area contributed by atoms with E-state index < -0.39 is 11.6 Å². The van der Waals surface area contributed by atoms with Crippen LogP contribution in [0.15, 0.2) is 42.5 Å². The van der Waals surface area contributed by atoms with Crippen molar-refractivity contribution >= 4 is 0 Å².